The van der Waals surface area contributed by atoms with Crippen LogP contribution in [0.1, 0.15) is 31.2 Å². The molecule has 2 rings (SSSR count). The van der Waals surface area contributed by atoms with E-state index in [-0.39, 0.29) is 0 Å². The number of hydrogen-bond donors (Lipinski definition) is 2. The molecule has 1 aromatic rings. The van der Waals surface area contributed by atoms with Crippen LogP contribution in [0.2, 0.25) is 0 Å². The highest BCUT2D eigenvalue weighted by Gasteiger charge is 2.17. The van der Waals surface area contributed by atoms with E-state index in [1.54, 1.807) is 0 Å². The van der Waals surface area contributed by atoms with Crippen LogP contribution in [0.25, 0.3) is 0 Å². The molecule has 1 saturated heterocycles. The summed E-state index contributed by atoms with van der Waals surface area (Å²) in [4.78, 5) is 6.69. The number of thioether (sulfide) groups is 1. The van der Waals surface area contributed by atoms with Crippen molar-refractivity contribution in [2.24, 2.45) is 4.99 Å². The van der Waals surface area contributed by atoms with E-state index >= 15 is 0 Å². The minimum atomic E-state index is 0.614. The average Bonchev–Trinajstić information content (AvgIpc) is 2.76. The van der Waals surface area contributed by atoms with Gasteiger partial charge in [0.25, 0.3) is 0 Å². The molecule has 164 valence electrons. The molecule has 1 aromatic carbocycles. The molecule has 0 radical (unpaired) electrons. The molecule has 0 unspecified atom stereocenters. The second-order valence-corrected chi connectivity index (χ2v) is 8.36. The summed E-state index contributed by atoms with van der Waals surface area (Å²) in [7, 11) is 3.99. The van der Waals surface area contributed by atoms with Crippen LogP contribution in [-0.2, 0) is 11.3 Å². The molecule has 1 aliphatic rings. The molecular formula is C22H38N4O2S. The van der Waals surface area contributed by atoms with Crippen LogP contribution < -0.4 is 15.4 Å². The maximum atomic E-state index is 6.00. The van der Waals surface area contributed by atoms with Gasteiger partial charge in [-0.2, -0.15) is 11.8 Å². The van der Waals surface area contributed by atoms with Gasteiger partial charge in [-0.3, -0.25) is 9.89 Å². The standard InChI is InChI=1S/C22H38N4O2S/c1-23-22(24-11-4-5-16-29-3)25-18-19-7-6-8-21(17-19)28-15-12-26(2)20-9-13-27-14-10-20/h6-8,17,20H,4-5,9-16,18H2,1-3H3,(H2,23,24,25). The Bertz CT molecular complexity index is 594. The zero-order chi connectivity index (χ0) is 20.7. The van der Waals surface area contributed by atoms with Gasteiger partial charge in [0.1, 0.15) is 12.4 Å². The summed E-state index contributed by atoms with van der Waals surface area (Å²) in [5.41, 5.74) is 1.19. The predicted molar refractivity (Wildman–Crippen MR) is 124 cm³/mol. The van der Waals surface area contributed by atoms with E-state index < -0.39 is 0 Å². The lowest BCUT2D eigenvalue weighted by atomic mass is 10.1. The van der Waals surface area contributed by atoms with Gasteiger partial charge >= 0.3 is 0 Å². The molecule has 0 atom stereocenters. The first-order valence-electron chi connectivity index (χ1n) is 10.7. The fraction of sp³-hybridized carbons (Fsp3) is 0.682. The van der Waals surface area contributed by atoms with Crippen LogP contribution in [0.4, 0.5) is 0 Å². The summed E-state index contributed by atoms with van der Waals surface area (Å²) in [6.07, 6.45) is 6.77. The van der Waals surface area contributed by atoms with Crippen LogP contribution >= 0.6 is 11.8 Å². The minimum Gasteiger partial charge on any atom is -0.492 e. The van der Waals surface area contributed by atoms with Crippen LogP contribution in [0, 0.1) is 0 Å². The molecule has 1 fully saturated rings. The van der Waals surface area contributed by atoms with Crippen molar-refractivity contribution in [2.75, 3.05) is 59.0 Å². The molecular weight excluding hydrogens is 384 g/mol. The Hall–Kier alpha value is -1.44. The number of guanidine groups is 1. The third-order valence-electron chi connectivity index (χ3n) is 5.18. The number of benzene rings is 1. The van der Waals surface area contributed by atoms with Crippen molar-refractivity contribution in [3.8, 4) is 5.75 Å². The van der Waals surface area contributed by atoms with Crippen molar-refractivity contribution in [1.29, 1.82) is 0 Å². The molecule has 1 aliphatic heterocycles. The number of unbranched alkanes of at least 4 members (excludes halogenated alkanes) is 1. The van der Waals surface area contributed by atoms with Crippen molar-refractivity contribution < 1.29 is 9.47 Å². The Morgan fingerprint density at radius 3 is 2.86 bits per heavy atom. The predicted octanol–water partition coefficient (Wildman–Crippen LogP) is 2.98. The topological polar surface area (TPSA) is 58.1 Å². The first kappa shape index (κ1) is 23.8. The lowest BCUT2D eigenvalue weighted by Gasteiger charge is -2.31. The molecule has 1 heterocycles. The second-order valence-electron chi connectivity index (χ2n) is 7.37. The van der Waals surface area contributed by atoms with E-state index in [2.05, 4.69) is 46.0 Å². The summed E-state index contributed by atoms with van der Waals surface area (Å²) >= 11 is 1.90. The molecule has 0 bridgehead atoms. The fourth-order valence-corrected chi connectivity index (χ4v) is 3.84. The number of likely N-dealkylation sites (N-methyl/N-ethyl adjacent to an activating group) is 1. The molecule has 29 heavy (non-hydrogen) atoms. The minimum absolute atomic E-state index is 0.614. The Morgan fingerprint density at radius 2 is 2.10 bits per heavy atom. The summed E-state index contributed by atoms with van der Waals surface area (Å²) in [6.45, 7) is 5.05. The zero-order valence-electron chi connectivity index (χ0n) is 18.3. The van der Waals surface area contributed by atoms with Gasteiger partial charge < -0.3 is 20.1 Å². The van der Waals surface area contributed by atoms with E-state index in [0.29, 0.717) is 12.6 Å². The van der Waals surface area contributed by atoms with Gasteiger partial charge in [0.15, 0.2) is 5.96 Å². The molecule has 0 amide bonds. The van der Waals surface area contributed by atoms with E-state index in [9.17, 15) is 0 Å². The number of rotatable bonds is 12. The van der Waals surface area contributed by atoms with Gasteiger partial charge in [-0.15, -0.1) is 0 Å². The van der Waals surface area contributed by atoms with Gasteiger partial charge in [-0.1, -0.05) is 12.1 Å². The van der Waals surface area contributed by atoms with E-state index in [1.807, 2.05) is 30.9 Å². The number of hydrogen-bond acceptors (Lipinski definition) is 5. The Morgan fingerprint density at radius 1 is 1.28 bits per heavy atom. The fourth-order valence-electron chi connectivity index (χ4n) is 3.35. The van der Waals surface area contributed by atoms with Crippen LogP contribution in [0.3, 0.4) is 0 Å². The van der Waals surface area contributed by atoms with Crippen LogP contribution in [0.15, 0.2) is 29.3 Å². The van der Waals surface area contributed by atoms with Crippen LogP contribution in [-0.4, -0.2) is 75.9 Å². The van der Waals surface area contributed by atoms with Gasteiger partial charge in [-0.25, -0.2) is 0 Å². The average molecular weight is 423 g/mol. The smallest absolute Gasteiger partial charge is 0.191 e. The highest BCUT2D eigenvalue weighted by molar-refractivity contribution is 7.98. The van der Waals surface area contributed by atoms with E-state index in [0.717, 1.165) is 63.8 Å². The van der Waals surface area contributed by atoms with Crippen LogP contribution in [0.5, 0.6) is 5.75 Å². The Kier molecular flexibility index (Phi) is 11.9. The highest BCUT2D eigenvalue weighted by Crippen LogP contribution is 2.15. The molecule has 6 nitrogen and oxygen atoms in total. The summed E-state index contributed by atoms with van der Waals surface area (Å²) < 4.78 is 11.4. The summed E-state index contributed by atoms with van der Waals surface area (Å²) in [5, 5.41) is 6.75. The summed E-state index contributed by atoms with van der Waals surface area (Å²) in [6, 6.07) is 8.90. The van der Waals surface area contributed by atoms with E-state index in [1.165, 1.54) is 17.7 Å². The van der Waals surface area contributed by atoms with Gasteiger partial charge in [0.2, 0.25) is 0 Å². The Balaban J connectivity index is 1.68. The summed E-state index contributed by atoms with van der Waals surface area (Å²) in [5.74, 6) is 2.98. The molecule has 7 heteroatoms. The van der Waals surface area contributed by atoms with Gasteiger partial charge in [-0.05, 0) is 62.4 Å². The lowest BCUT2D eigenvalue weighted by molar-refractivity contribution is 0.0392. The number of nitrogens with one attached hydrogen (secondary N) is 2. The quantitative estimate of drug-likeness (QED) is 0.307. The number of nitrogens with zero attached hydrogens (tertiary/aromatic N) is 2. The van der Waals surface area contributed by atoms with Crippen molar-refractivity contribution in [1.82, 2.24) is 15.5 Å². The molecule has 0 aliphatic carbocycles. The van der Waals surface area contributed by atoms with Crippen molar-refractivity contribution in [2.45, 2.75) is 38.3 Å². The number of aliphatic imine (C=N–C) groups is 1. The number of ether oxygens (including phenoxy) is 2. The molecule has 0 saturated carbocycles. The molecule has 0 spiro atoms. The lowest BCUT2D eigenvalue weighted by Crippen LogP contribution is -2.38. The van der Waals surface area contributed by atoms with Crippen molar-refractivity contribution in [3.05, 3.63) is 29.8 Å². The highest BCUT2D eigenvalue weighted by atomic mass is 32.2. The van der Waals surface area contributed by atoms with Gasteiger partial charge in [0, 0.05) is 45.9 Å². The second kappa shape index (κ2) is 14.5. The third kappa shape index (κ3) is 9.74. The Labute approximate surface area is 180 Å². The zero-order valence-corrected chi connectivity index (χ0v) is 19.1. The SMILES string of the molecule is CN=C(NCCCCSC)NCc1cccc(OCCN(C)C2CCOCC2)c1. The molecule has 2 N–H and O–H groups in total. The van der Waals surface area contributed by atoms with E-state index in [4.69, 9.17) is 9.47 Å². The maximum Gasteiger partial charge on any atom is 0.191 e. The first-order chi connectivity index (χ1) is 14.2. The monoisotopic (exact) mass is 422 g/mol. The third-order valence-corrected chi connectivity index (χ3v) is 5.87. The first-order valence-corrected chi connectivity index (χ1v) is 12.1. The van der Waals surface area contributed by atoms with Crippen molar-refractivity contribution >= 4 is 17.7 Å². The normalized spacial score (nSPS) is 15.5. The van der Waals surface area contributed by atoms with Crippen molar-refractivity contribution in [3.63, 3.8) is 0 Å². The largest absolute Gasteiger partial charge is 0.492 e. The molecule has 0 aromatic heterocycles. The van der Waals surface area contributed by atoms with Gasteiger partial charge in [0.05, 0.1) is 0 Å². The maximum absolute atomic E-state index is 6.00.